The number of nitrogens with two attached hydrogens (primary N) is 1. The molecule has 0 spiro atoms. The third-order valence-corrected chi connectivity index (χ3v) is 3.34. The van der Waals surface area contributed by atoms with Gasteiger partial charge in [-0.3, -0.25) is 4.79 Å². The Balaban J connectivity index is 2.33. The van der Waals surface area contributed by atoms with Gasteiger partial charge >= 0.3 is 0 Å². The van der Waals surface area contributed by atoms with E-state index in [9.17, 15) is 4.79 Å². The van der Waals surface area contributed by atoms with Gasteiger partial charge in [0.25, 0.3) is 0 Å². The fourth-order valence-corrected chi connectivity index (χ4v) is 2.23. The first-order valence-corrected chi connectivity index (χ1v) is 6.15. The van der Waals surface area contributed by atoms with Gasteiger partial charge in [0.1, 0.15) is 0 Å². The molecule has 88 valence electrons. The van der Waals surface area contributed by atoms with Crippen LogP contribution < -0.4 is 11.1 Å². The Labute approximate surface area is 92.8 Å². The Morgan fingerprint density at radius 2 is 2.07 bits per heavy atom. The van der Waals surface area contributed by atoms with Crippen molar-refractivity contribution in [2.45, 2.75) is 70.4 Å². The molecule has 0 radical (unpaired) electrons. The third-order valence-electron chi connectivity index (χ3n) is 3.34. The first kappa shape index (κ1) is 12.5. The monoisotopic (exact) mass is 212 g/mol. The van der Waals surface area contributed by atoms with Gasteiger partial charge in [-0.15, -0.1) is 0 Å². The Bertz CT molecular complexity index is 210. The fourth-order valence-electron chi connectivity index (χ4n) is 2.23. The molecule has 0 heterocycles. The van der Waals surface area contributed by atoms with E-state index in [-0.39, 0.29) is 17.5 Å². The van der Waals surface area contributed by atoms with E-state index >= 15 is 0 Å². The van der Waals surface area contributed by atoms with Crippen molar-refractivity contribution in [3.8, 4) is 0 Å². The lowest BCUT2D eigenvalue weighted by atomic mass is 9.99. The summed E-state index contributed by atoms with van der Waals surface area (Å²) in [5.74, 6) is 0.0350. The number of nitrogens with one attached hydrogen (secondary N) is 1. The molecule has 1 aliphatic rings. The van der Waals surface area contributed by atoms with Crippen molar-refractivity contribution in [2.75, 3.05) is 0 Å². The highest BCUT2D eigenvalue weighted by atomic mass is 16.2. The fraction of sp³-hybridized carbons (Fsp3) is 0.917. The highest BCUT2D eigenvalue weighted by Gasteiger charge is 2.31. The van der Waals surface area contributed by atoms with E-state index in [4.69, 9.17) is 5.73 Å². The minimum atomic E-state index is -0.317. The van der Waals surface area contributed by atoms with Gasteiger partial charge in [-0.1, -0.05) is 32.6 Å². The van der Waals surface area contributed by atoms with Crippen molar-refractivity contribution < 1.29 is 4.79 Å². The summed E-state index contributed by atoms with van der Waals surface area (Å²) in [6, 6.07) is -0.317. The molecule has 1 fully saturated rings. The van der Waals surface area contributed by atoms with Gasteiger partial charge in [0.2, 0.25) is 5.91 Å². The van der Waals surface area contributed by atoms with Crippen molar-refractivity contribution in [3.05, 3.63) is 0 Å². The smallest absolute Gasteiger partial charge is 0.237 e. The van der Waals surface area contributed by atoms with Crippen LogP contribution in [0, 0.1) is 0 Å². The summed E-state index contributed by atoms with van der Waals surface area (Å²) in [7, 11) is 0. The number of unbranched alkanes of at least 4 members (excludes halogenated alkanes) is 1. The Morgan fingerprint density at radius 3 is 2.60 bits per heavy atom. The summed E-state index contributed by atoms with van der Waals surface area (Å²) in [6.07, 6.45) is 7.57. The van der Waals surface area contributed by atoms with Crippen LogP contribution in [0.25, 0.3) is 0 Å². The molecule has 1 aliphatic carbocycles. The number of carbonyl (C=O) groups excluding carboxylic acids is 1. The van der Waals surface area contributed by atoms with Crippen LogP contribution in [0.3, 0.4) is 0 Å². The molecule has 3 nitrogen and oxygen atoms in total. The van der Waals surface area contributed by atoms with Gasteiger partial charge in [0.15, 0.2) is 0 Å². The summed E-state index contributed by atoms with van der Waals surface area (Å²) in [5, 5.41) is 3.10. The highest BCUT2D eigenvalue weighted by Crippen LogP contribution is 2.28. The van der Waals surface area contributed by atoms with E-state index < -0.39 is 0 Å². The van der Waals surface area contributed by atoms with Crippen LogP contribution in [0.2, 0.25) is 0 Å². The Kier molecular flexibility index (Phi) is 4.58. The lowest BCUT2D eigenvalue weighted by Gasteiger charge is -2.27. The van der Waals surface area contributed by atoms with Crippen molar-refractivity contribution in [3.63, 3.8) is 0 Å². The third kappa shape index (κ3) is 3.82. The molecule has 15 heavy (non-hydrogen) atoms. The molecule has 0 saturated heterocycles. The Hall–Kier alpha value is -0.570. The number of carbonyl (C=O) groups is 1. The molecule has 0 aromatic heterocycles. The summed E-state index contributed by atoms with van der Waals surface area (Å²) < 4.78 is 0. The minimum absolute atomic E-state index is 0.0148. The van der Waals surface area contributed by atoms with E-state index in [1.165, 1.54) is 12.8 Å². The molecule has 1 saturated carbocycles. The maximum Gasteiger partial charge on any atom is 0.237 e. The molecule has 0 bridgehead atoms. The number of amides is 1. The number of hydrogen-bond acceptors (Lipinski definition) is 2. The van der Waals surface area contributed by atoms with Crippen molar-refractivity contribution >= 4 is 5.91 Å². The predicted octanol–water partition coefficient (Wildman–Crippen LogP) is 1.95. The summed E-state index contributed by atoms with van der Waals surface area (Å²) in [5.41, 5.74) is 5.84. The van der Waals surface area contributed by atoms with E-state index in [0.717, 1.165) is 32.1 Å². The van der Waals surface area contributed by atoms with Gasteiger partial charge in [-0.2, -0.15) is 0 Å². The second-order valence-electron chi connectivity index (χ2n) is 5.01. The number of hydrogen-bond donors (Lipinski definition) is 2. The van der Waals surface area contributed by atoms with Gasteiger partial charge < -0.3 is 11.1 Å². The lowest BCUT2D eigenvalue weighted by Crippen LogP contribution is -2.50. The van der Waals surface area contributed by atoms with Crippen LogP contribution in [0.1, 0.15) is 58.8 Å². The zero-order valence-corrected chi connectivity index (χ0v) is 10.0. The molecule has 1 rings (SSSR count). The van der Waals surface area contributed by atoms with Crippen LogP contribution in [-0.2, 0) is 4.79 Å². The quantitative estimate of drug-likeness (QED) is 0.732. The van der Waals surface area contributed by atoms with Gasteiger partial charge in [0.05, 0.1) is 6.04 Å². The standard InChI is InChI=1S/C12H24N2O/c1-3-4-7-10(13)11(15)14-12(2)8-5-6-9-12/h10H,3-9,13H2,1-2H3,(H,14,15). The van der Waals surface area contributed by atoms with Crippen molar-refractivity contribution in [2.24, 2.45) is 5.73 Å². The Morgan fingerprint density at radius 1 is 1.47 bits per heavy atom. The average molecular weight is 212 g/mol. The molecule has 0 aliphatic heterocycles. The molecular formula is C12H24N2O. The normalized spacial score (nSPS) is 21.3. The van der Waals surface area contributed by atoms with Crippen molar-refractivity contribution in [1.29, 1.82) is 0 Å². The molecular weight excluding hydrogens is 188 g/mol. The van der Waals surface area contributed by atoms with Gasteiger partial charge in [-0.25, -0.2) is 0 Å². The SMILES string of the molecule is CCCCC(N)C(=O)NC1(C)CCCC1. The van der Waals surface area contributed by atoms with Gasteiger partial charge in [0, 0.05) is 5.54 Å². The lowest BCUT2D eigenvalue weighted by molar-refractivity contribution is -0.124. The maximum atomic E-state index is 11.8. The van der Waals surface area contributed by atoms with Crippen LogP contribution >= 0.6 is 0 Å². The molecule has 1 unspecified atom stereocenters. The van der Waals surface area contributed by atoms with E-state index in [0.29, 0.717) is 0 Å². The first-order valence-electron chi connectivity index (χ1n) is 6.15. The molecule has 3 N–H and O–H groups in total. The molecule has 1 atom stereocenters. The van der Waals surface area contributed by atoms with Crippen molar-refractivity contribution in [1.82, 2.24) is 5.32 Å². The summed E-state index contributed by atoms with van der Waals surface area (Å²) in [4.78, 5) is 11.8. The zero-order valence-electron chi connectivity index (χ0n) is 10.0. The van der Waals surface area contributed by atoms with E-state index in [1.807, 2.05) is 0 Å². The summed E-state index contributed by atoms with van der Waals surface area (Å²) >= 11 is 0. The zero-order chi connectivity index (χ0) is 11.3. The number of rotatable bonds is 5. The topological polar surface area (TPSA) is 55.1 Å². The van der Waals surface area contributed by atoms with E-state index in [2.05, 4.69) is 19.2 Å². The molecule has 0 aromatic rings. The van der Waals surface area contributed by atoms with Gasteiger partial charge in [-0.05, 0) is 26.2 Å². The van der Waals surface area contributed by atoms with Crippen LogP contribution in [-0.4, -0.2) is 17.5 Å². The average Bonchev–Trinajstić information content (AvgIpc) is 2.61. The second-order valence-corrected chi connectivity index (χ2v) is 5.01. The van der Waals surface area contributed by atoms with Crippen LogP contribution in [0.4, 0.5) is 0 Å². The molecule has 1 amide bonds. The molecule has 0 aromatic carbocycles. The maximum absolute atomic E-state index is 11.8. The minimum Gasteiger partial charge on any atom is -0.350 e. The largest absolute Gasteiger partial charge is 0.350 e. The second kappa shape index (κ2) is 5.50. The van der Waals surface area contributed by atoms with Crippen LogP contribution in [0.15, 0.2) is 0 Å². The van der Waals surface area contributed by atoms with E-state index in [1.54, 1.807) is 0 Å². The highest BCUT2D eigenvalue weighted by molar-refractivity contribution is 5.82. The molecule has 3 heteroatoms. The van der Waals surface area contributed by atoms with Crippen LogP contribution in [0.5, 0.6) is 0 Å². The first-order chi connectivity index (χ1) is 7.07. The predicted molar refractivity (Wildman–Crippen MR) is 62.5 cm³/mol. The summed E-state index contributed by atoms with van der Waals surface area (Å²) in [6.45, 7) is 4.24.